The van der Waals surface area contributed by atoms with Crippen molar-refractivity contribution in [1.82, 2.24) is 0 Å². The lowest BCUT2D eigenvalue weighted by atomic mass is 10.0. The third kappa shape index (κ3) is 3.37. The fraction of sp³-hybridized carbons (Fsp3) is 0.875. The SMILES string of the molecule is CCC(CC)(CN=C=S)SC. The summed E-state index contributed by atoms with van der Waals surface area (Å²) in [6, 6.07) is 0. The minimum atomic E-state index is 0.297. The first kappa shape index (κ1) is 11.2. The molecule has 0 radical (unpaired) electrons. The van der Waals surface area contributed by atoms with Gasteiger partial charge < -0.3 is 0 Å². The van der Waals surface area contributed by atoms with Crippen LogP contribution in [0.3, 0.4) is 0 Å². The fourth-order valence-corrected chi connectivity index (χ4v) is 1.84. The molecule has 0 saturated heterocycles. The summed E-state index contributed by atoms with van der Waals surface area (Å²) in [6.07, 6.45) is 4.42. The molecule has 0 amide bonds. The van der Waals surface area contributed by atoms with Gasteiger partial charge in [-0.2, -0.15) is 11.8 Å². The van der Waals surface area contributed by atoms with Crippen LogP contribution in [-0.2, 0) is 0 Å². The Bertz CT molecular complexity index is 138. The predicted molar refractivity (Wildman–Crippen MR) is 56.7 cm³/mol. The molecule has 0 rings (SSSR count). The van der Waals surface area contributed by atoms with Gasteiger partial charge in [0.05, 0.1) is 11.7 Å². The van der Waals surface area contributed by atoms with Gasteiger partial charge in [0, 0.05) is 4.75 Å². The van der Waals surface area contributed by atoms with E-state index in [1.807, 2.05) is 11.8 Å². The van der Waals surface area contributed by atoms with E-state index in [9.17, 15) is 0 Å². The van der Waals surface area contributed by atoms with Gasteiger partial charge in [-0.25, -0.2) is 4.99 Å². The summed E-state index contributed by atoms with van der Waals surface area (Å²) < 4.78 is 0.297. The topological polar surface area (TPSA) is 12.4 Å². The third-order valence-electron chi connectivity index (χ3n) is 2.15. The van der Waals surface area contributed by atoms with Crippen LogP contribution in [0.15, 0.2) is 4.99 Å². The van der Waals surface area contributed by atoms with Gasteiger partial charge in [0.25, 0.3) is 0 Å². The van der Waals surface area contributed by atoms with Gasteiger partial charge in [0.1, 0.15) is 0 Å². The third-order valence-corrected chi connectivity index (χ3v) is 3.86. The van der Waals surface area contributed by atoms with Crippen LogP contribution in [0.4, 0.5) is 0 Å². The van der Waals surface area contributed by atoms with Gasteiger partial charge in [-0.1, -0.05) is 13.8 Å². The number of thioether (sulfide) groups is 1. The smallest absolute Gasteiger partial charge is 0.0639 e. The van der Waals surface area contributed by atoms with E-state index < -0.39 is 0 Å². The lowest BCUT2D eigenvalue weighted by molar-refractivity contribution is 0.562. The normalized spacial score (nSPS) is 10.8. The molecule has 0 aromatic carbocycles. The number of aliphatic imine (C=N–C) groups is 1. The van der Waals surface area contributed by atoms with Crippen LogP contribution in [0.2, 0.25) is 0 Å². The molecular formula is C8H15NS2. The average molecular weight is 189 g/mol. The second-order valence-electron chi connectivity index (χ2n) is 2.50. The summed E-state index contributed by atoms with van der Waals surface area (Å²) in [5.41, 5.74) is 0. The van der Waals surface area contributed by atoms with E-state index in [1.54, 1.807) is 0 Å². The second kappa shape index (κ2) is 5.76. The highest BCUT2D eigenvalue weighted by Crippen LogP contribution is 2.30. The molecule has 1 nitrogen and oxygen atoms in total. The Hall–Kier alpha value is 0.150. The molecule has 3 heteroatoms. The van der Waals surface area contributed by atoms with Gasteiger partial charge >= 0.3 is 0 Å². The van der Waals surface area contributed by atoms with Crippen molar-refractivity contribution in [3.8, 4) is 0 Å². The predicted octanol–water partition coefficient (Wildman–Crippen LogP) is 3.01. The van der Waals surface area contributed by atoms with Gasteiger partial charge in [-0.05, 0) is 31.3 Å². The van der Waals surface area contributed by atoms with Crippen LogP contribution >= 0.6 is 24.0 Å². The Morgan fingerprint density at radius 1 is 1.45 bits per heavy atom. The molecule has 0 unspecified atom stereocenters. The summed E-state index contributed by atoms with van der Waals surface area (Å²) in [5, 5.41) is 2.42. The monoisotopic (exact) mass is 189 g/mol. The Morgan fingerprint density at radius 3 is 2.27 bits per heavy atom. The molecule has 0 aliphatic heterocycles. The Morgan fingerprint density at radius 2 is 2.00 bits per heavy atom. The van der Waals surface area contributed by atoms with Gasteiger partial charge in [0.15, 0.2) is 0 Å². The van der Waals surface area contributed by atoms with Crippen molar-refractivity contribution in [2.45, 2.75) is 31.4 Å². The van der Waals surface area contributed by atoms with Crippen molar-refractivity contribution < 1.29 is 0 Å². The number of isothiocyanates is 1. The molecule has 0 N–H and O–H groups in total. The zero-order valence-corrected chi connectivity index (χ0v) is 9.02. The molecule has 0 bridgehead atoms. The summed E-state index contributed by atoms with van der Waals surface area (Å²) in [7, 11) is 0. The quantitative estimate of drug-likeness (QED) is 0.487. The van der Waals surface area contributed by atoms with Crippen molar-refractivity contribution in [3.63, 3.8) is 0 Å². The van der Waals surface area contributed by atoms with Crippen molar-refractivity contribution in [3.05, 3.63) is 0 Å². The molecule has 0 fully saturated rings. The van der Waals surface area contributed by atoms with E-state index in [0.29, 0.717) is 4.75 Å². The summed E-state index contributed by atoms with van der Waals surface area (Å²) in [4.78, 5) is 4.00. The van der Waals surface area contributed by atoms with Crippen LogP contribution in [0.25, 0.3) is 0 Å². The molecule has 0 aliphatic rings. The van der Waals surface area contributed by atoms with Crippen LogP contribution in [0, 0.1) is 0 Å². The van der Waals surface area contributed by atoms with Crippen molar-refractivity contribution in [2.75, 3.05) is 12.8 Å². The standard InChI is InChI=1S/C8H15NS2/c1-4-8(5-2,11-3)6-9-7-10/h4-6H2,1-3H3. The number of hydrogen-bond acceptors (Lipinski definition) is 3. The van der Waals surface area contributed by atoms with Crippen LogP contribution < -0.4 is 0 Å². The molecule has 0 saturated carbocycles. The first-order valence-corrected chi connectivity index (χ1v) is 5.46. The summed E-state index contributed by atoms with van der Waals surface area (Å²) >= 11 is 6.42. The van der Waals surface area contributed by atoms with E-state index >= 15 is 0 Å². The number of rotatable bonds is 5. The Labute approximate surface area is 78.7 Å². The fourth-order valence-electron chi connectivity index (χ4n) is 1.00. The molecule has 11 heavy (non-hydrogen) atoms. The molecule has 0 aromatic rings. The van der Waals surface area contributed by atoms with E-state index in [1.165, 1.54) is 0 Å². The molecular weight excluding hydrogens is 174 g/mol. The molecule has 0 aromatic heterocycles. The first-order valence-electron chi connectivity index (χ1n) is 3.83. The largest absolute Gasteiger partial charge is 0.231 e. The molecule has 64 valence electrons. The minimum Gasteiger partial charge on any atom is -0.231 e. The van der Waals surface area contributed by atoms with E-state index in [0.717, 1.165) is 19.4 Å². The van der Waals surface area contributed by atoms with E-state index in [-0.39, 0.29) is 0 Å². The maximum Gasteiger partial charge on any atom is 0.0639 e. The first-order chi connectivity index (χ1) is 5.24. The van der Waals surface area contributed by atoms with Crippen molar-refractivity contribution in [2.24, 2.45) is 4.99 Å². The van der Waals surface area contributed by atoms with Crippen molar-refractivity contribution >= 4 is 29.1 Å². The highest BCUT2D eigenvalue weighted by Gasteiger charge is 2.23. The van der Waals surface area contributed by atoms with Gasteiger partial charge in [-0.15, -0.1) is 0 Å². The van der Waals surface area contributed by atoms with Gasteiger partial charge in [0.2, 0.25) is 0 Å². The van der Waals surface area contributed by atoms with Crippen LogP contribution in [0.1, 0.15) is 26.7 Å². The van der Waals surface area contributed by atoms with E-state index in [4.69, 9.17) is 0 Å². The van der Waals surface area contributed by atoms with E-state index in [2.05, 4.69) is 42.5 Å². The van der Waals surface area contributed by atoms with Crippen LogP contribution in [-0.4, -0.2) is 22.7 Å². The van der Waals surface area contributed by atoms with Gasteiger partial charge in [-0.3, -0.25) is 0 Å². The highest BCUT2D eigenvalue weighted by atomic mass is 32.2. The number of thiocarbonyl (C=S) groups is 1. The zero-order valence-electron chi connectivity index (χ0n) is 7.39. The molecule has 0 aliphatic carbocycles. The lowest BCUT2D eigenvalue weighted by Gasteiger charge is -2.26. The molecule has 0 atom stereocenters. The van der Waals surface area contributed by atoms with Crippen molar-refractivity contribution in [1.29, 1.82) is 0 Å². The highest BCUT2D eigenvalue weighted by molar-refractivity contribution is 8.00. The summed E-state index contributed by atoms with van der Waals surface area (Å²) in [6.45, 7) is 5.20. The number of nitrogens with zero attached hydrogens (tertiary/aromatic N) is 1. The zero-order chi connectivity index (χ0) is 8.74. The maximum absolute atomic E-state index is 4.54. The molecule has 0 spiro atoms. The average Bonchev–Trinajstić information content (AvgIpc) is 2.08. The minimum absolute atomic E-state index is 0.297. The molecule has 0 heterocycles. The number of hydrogen-bond donors (Lipinski definition) is 0. The Kier molecular flexibility index (Phi) is 5.83. The van der Waals surface area contributed by atoms with Crippen LogP contribution in [0.5, 0.6) is 0 Å². The maximum atomic E-state index is 4.54. The Balaban J connectivity index is 4.15. The summed E-state index contributed by atoms with van der Waals surface area (Å²) in [5.74, 6) is 0. The lowest BCUT2D eigenvalue weighted by Crippen LogP contribution is -2.25. The second-order valence-corrected chi connectivity index (χ2v) is 3.96.